The van der Waals surface area contributed by atoms with Crippen LogP contribution in [0.15, 0.2) is 0 Å². The second kappa shape index (κ2) is 3.41. The van der Waals surface area contributed by atoms with Crippen LogP contribution < -0.4 is 5.73 Å². The molecule has 0 aromatic heterocycles. The van der Waals surface area contributed by atoms with Gasteiger partial charge in [-0.2, -0.15) is 0 Å². The molecule has 1 heterocycles. The maximum absolute atomic E-state index is 11.3. The summed E-state index contributed by atoms with van der Waals surface area (Å²) in [5.41, 5.74) is 5.43. The van der Waals surface area contributed by atoms with Crippen molar-refractivity contribution < 1.29 is 9.90 Å². The number of rotatable bonds is 1. The van der Waals surface area contributed by atoms with Gasteiger partial charge in [0.1, 0.15) is 0 Å². The molecule has 70 valence electrons. The summed E-state index contributed by atoms with van der Waals surface area (Å²) in [5, 5.41) is 9.36. The maximum Gasteiger partial charge on any atom is 0.239 e. The van der Waals surface area contributed by atoms with E-state index in [2.05, 4.69) is 0 Å². The molecule has 4 heteroatoms. The molecule has 0 radical (unpaired) electrons. The van der Waals surface area contributed by atoms with Crippen LogP contribution in [-0.4, -0.2) is 41.1 Å². The summed E-state index contributed by atoms with van der Waals surface area (Å²) < 4.78 is 0. The summed E-state index contributed by atoms with van der Waals surface area (Å²) in [7, 11) is 0. The number of aliphatic hydroxyl groups excluding tert-OH is 1. The third-order valence-electron chi connectivity index (χ3n) is 2.27. The predicted octanol–water partition coefficient (Wildman–Crippen LogP) is -0.827. The fourth-order valence-electron chi connectivity index (χ4n) is 1.42. The summed E-state index contributed by atoms with van der Waals surface area (Å²) in [6, 6.07) is -0.456. The molecule has 0 spiro atoms. The van der Waals surface area contributed by atoms with Gasteiger partial charge in [-0.25, -0.2) is 0 Å². The van der Waals surface area contributed by atoms with Crippen LogP contribution in [0.4, 0.5) is 0 Å². The molecule has 1 amide bonds. The number of nitrogens with two attached hydrogens (primary N) is 1. The van der Waals surface area contributed by atoms with Crippen molar-refractivity contribution in [2.24, 2.45) is 11.7 Å². The molecule has 0 bridgehead atoms. The molecule has 1 fully saturated rings. The third-order valence-corrected chi connectivity index (χ3v) is 2.27. The number of aliphatic hydroxyl groups is 1. The lowest BCUT2D eigenvalue weighted by atomic mass is 10.1. The van der Waals surface area contributed by atoms with Crippen molar-refractivity contribution in [1.29, 1.82) is 0 Å². The molecule has 0 aromatic carbocycles. The van der Waals surface area contributed by atoms with E-state index in [1.54, 1.807) is 11.8 Å². The number of carbonyl (C=O) groups excluding carboxylic acids is 1. The van der Waals surface area contributed by atoms with Crippen LogP contribution >= 0.6 is 0 Å². The Morgan fingerprint density at radius 2 is 2.25 bits per heavy atom. The highest BCUT2D eigenvalue weighted by molar-refractivity contribution is 5.81. The molecule has 3 atom stereocenters. The average Bonchev–Trinajstić information content (AvgIpc) is 2.30. The van der Waals surface area contributed by atoms with E-state index in [1.165, 1.54) is 0 Å². The highest BCUT2D eigenvalue weighted by atomic mass is 16.3. The van der Waals surface area contributed by atoms with Crippen molar-refractivity contribution in [1.82, 2.24) is 4.90 Å². The van der Waals surface area contributed by atoms with Crippen LogP contribution in [0.2, 0.25) is 0 Å². The van der Waals surface area contributed by atoms with Gasteiger partial charge in [0.25, 0.3) is 0 Å². The number of hydrogen-bond acceptors (Lipinski definition) is 3. The van der Waals surface area contributed by atoms with Gasteiger partial charge in [-0.15, -0.1) is 0 Å². The largest absolute Gasteiger partial charge is 0.391 e. The normalized spacial score (nSPS) is 32.2. The van der Waals surface area contributed by atoms with Gasteiger partial charge < -0.3 is 15.7 Å². The van der Waals surface area contributed by atoms with E-state index in [4.69, 9.17) is 5.73 Å². The van der Waals surface area contributed by atoms with Crippen molar-refractivity contribution in [3.05, 3.63) is 0 Å². The first-order valence-electron chi connectivity index (χ1n) is 4.24. The van der Waals surface area contributed by atoms with Gasteiger partial charge in [0, 0.05) is 19.0 Å². The molecule has 1 aliphatic rings. The molecule has 1 aliphatic heterocycles. The zero-order valence-electron chi connectivity index (χ0n) is 7.53. The van der Waals surface area contributed by atoms with Crippen LogP contribution in [0.25, 0.3) is 0 Å². The van der Waals surface area contributed by atoms with Crippen molar-refractivity contribution in [3.8, 4) is 0 Å². The second-order valence-corrected chi connectivity index (χ2v) is 3.58. The van der Waals surface area contributed by atoms with Crippen LogP contribution in [0.5, 0.6) is 0 Å². The van der Waals surface area contributed by atoms with Gasteiger partial charge in [-0.3, -0.25) is 4.79 Å². The fourth-order valence-corrected chi connectivity index (χ4v) is 1.42. The van der Waals surface area contributed by atoms with Crippen LogP contribution in [0.1, 0.15) is 13.8 Å². The van der Waals surface area contributed by atoms with Crippen LogP contribution in [-0.2, 0) is 4.79 Å². The Morgan fingerprint density at radius 1 is 1.67 bits per heavy atom. The van der Waals surface area contributed by atoms with E-state index in [1.807, 2.05) is 6.92 Å². The Labute approximate surface area is 72.3 Å². The zero-order valence-corrected chi connectivity index (χ0v) is 7.53. The monoisotopic (exact) mass is 172 g/mol. The van der Waals surface area contributed by atoms with E-state index in [0.717, 1.165) is 0 Å². The number of carbonyl (C=O) groups is 1. The Morgan fingerprint density at radius 3 is 2.58 bits per heavy atom. The van der Waals surface area contributed by atoms with E-state index >= 15 is 0 Å². The highest BCUT2D eigenvalue weighted by Crippen LogP contribution is 2.16. The molecule has 0 saturated carbocycles. The van der Waals surface area contributed by atoms with Crippen molar-refractivity contribution in [2.75, 3.05) is 13.1 Å². The summed E-state index contributed by atoms with van der Waals surface area (Å²) >= 11 is 0. The minimum atomic E-state index is -0.456. The lowest BCUT2D eigenvalue weighted by Gasteiger charge is -2.17. The number of likely N-dealkylation sites (tertiary alicyclic amines) is 1. The summed E-state index contributed by atoms with van der Waals surface area (Å²) in [4.78, 5) is 13.0. The highest BCUT2D eigenvalue weighted by Gasteiger charge is 2.31. The number of hydrogen-bond donors (Lipinski definition) is 2. The SMILES string of the molecule is CC1CN(C(=O)[C@@H](C)N)CC1O. The zero-order chi connectivity index (χ0) is 9.30. The van der Waals surface area contributed by atoms with Crippen molar-refractivity contribution in [3.63, 3.8) is 0 Å². The van der Waals surface area contributed by atoms with E-state index in [9.17, 15) is 9.90 Å². The van der Waals surface area contributed by atoms with Crippen molar-refractivity contribution >= 4 is 5.91 Å². The molecule has 1 saturated heterocycles. The van der Waals surface area contributed by atoms with Gasteiger partial charge in [-0.1, -0.05) is 6.92 Å². The molecular formula is C8H16N2O2. The topological polar surface area (TPSA) is 66.6 Å². The Balaban J connectivity index is 2.52. The van der Waals surface area contributed by atoms with Crippen LogP contribution in [0, 0.1) is 5.92 Å². The molecule has 1 rings (SSSR count). The summed E-state index contributed by atoms with van der Waals surface area (Å²) in [5.74, 6) is 0.103. The number of amides is 1. The molecule has 4 nitrogen and oxygen atoms in total. The molecule has 12 heavy (non-hydrogen) atoms. The quantitative estimate of drug-likeness (QED) is 0.542. The summed E-state index contributed by atoms with van der Waals surface area (Å²) in [6.07, 6.45) is -0.382. The second-order valence-electron chi connectivity index (χ2n) is 3.58. The maximum atomic E-state index is 11.3. The molecule has 0 aliphatic carbocycles. The van der Waals surface area contributed by atoms with Gasteiger partial charge in [0.2, 0.25) is 5.91 Å². The average molecular weight is 172 g/mol. The van der Waals surface area contributed by atoms with Crippen LogP contribution in [0.3, 0.4) is 0 Å². The number of nitrogens with zero attached hydrogens (tertiary/aromatic N) is 1. The lowest BCUT2D eigenvalue weighted by molar-refractivity contribution is -0.131. The summed E-state index contributed by atoms with van der Waals surface area (Å²) in [6.45, 7) is 4.65. The van der Waals surface area contributed by atoms with E-state index in [0.29, 0.717) is 13.1 Å². The van der Waals surface area contributed by atoms with Gasteiger partial charge in [-0.05, 0) is 6.92 Å². The third kappa shape index (κ3) is 1.76. The van der Waals surface area contributed by atoms with Crippen molar-refractivity contribution in [2.45, 2.75) is 26.0 Å². The molecular weight excluding hydrogens is 156 g/mol. The molecule has 2 unspecified atom stereocenters. The first-order chi connectivity index (χ1) is 5.52. The number of β-amino-alcohol motifs (C(OH)–C–C–N with tert-alkyl or cyclic N) is 1. The van der Waals surface area contributed by atoms with Gasteiger partial charge >= 0.3 is 0 Å². The predicted molar refractivity (Wildman–Crippen MR) is 45.4 cm³/mol. The standard InChI is InChI=1S/C8H16N2O2/c1-5-3-10(4-7(5)11)8(12)6(2)9/h5-7,11H,3-4,9H2,1-2H3/t5?,6-,7?/m1/s1. The minimum absolute atomic E-state index is 0.0709. The Bertz CT molecular complexity index is 172. The Kier molecular flexibility index (Phi) is 2.69. The first-order valence-corrected chi connectivity index (χ1v) is 4.24. The smallest absolute Gasteiger partial charge is 0.239 e. The minimum Gasteiger partial charge on any atom is -0.391 e. The van der Waals surface area contributed by atoms with Gasteiger partial charge in [0.05, 0.1) is 12.1 Å². The first kappa shape index (κ1) is 9.48. The van der Waals surface area contributed by atoms with Gasteiger partial charge in [0.15, 0.2) is 0 Å². The lowest BCUT2D eigenvalue weighted by Crippen LogP contribution is -2.41. The molecule has 0 aromatic rings. The van der Waals surface area contributed by atoms with E-state index in [-0.39, 0.29) is 17.9 Å². The Hall–Kier alpha value is -0.610. The fraction of sp³-hybridized carbons (Fsp3) is 0.875. The van der Waals surface area contributed by atoms with E-state index < -0.39 is 6.04 Å². The molecule has 3 N–H and O–H groups in total.